The Morgan fingerprint density at radius 1 is 0.373 bits per heavy atom. The van der Waals surface area contributed by atoms with Crippen molar-refractivity contribution in [2.24, 2.45) is 0 Å². The van der Waals surface area contributed by atoms with E-state index in [1.54, 1.807) is 11.3 Å². The van der Waals surface area contributed by atoms with Crippen LogP contribution in [0.4, 0.5) is 0 Å². The molecule has 0 fully saturated rings. The number of aromatic nitrogens is 4. The van der Waals surface area contributed by atoms with Gasteiger partial charge in [-0.15, -0.1) is 11.3 Å². The van der Waals surface area contributed by atoms with Crippen molar-refractivity contribution in [3.05, 3.63) is 182 Å². The van der Waals surface area contributed by atoms with Gasteiger partial charge in [0.1, 0.15) is 11.2 Å². The van der Waals surface area contributed by atoms with Gasteiger partial charge in [0.25, 0.3) is 0 Å². The maximum Gasteiger partial charge on any atom is 0.166 e. The lowest BCUT2D eigenvalue weighted by atomic mass is 10.0. The zero-order valence-corrected chi connectivity index (χ0v) is 32.2. The van der Waals surface area contributed by atoms with Crippen molar-refractivity contribution in [3.8, 4) is 39.9 Å². The van der Waals surface area contributed by atoms with Gasteiger partial charge in [0.2, 0.25) is 0 Å². The smallest absolute Gasteiger partial charge is 0.166 e. The van der Waals surface area contributed by atoms with Crippen molar-refractivity contribution < 1.29 is 4.42 Å². The third-order valence-electron chi connectivity index (χ3n) is 11.8. The molecule has 0 bridgehead atoms. The Hall–Kier alpha value is -7.67. The summed E-state index contributed by atoms with van der Waals surface area (Å²) in [6, 6.07) is 64.5. The fraction of sp³-hybridized carbons (Fsp3) is 0. The van der Waals surface area contributed by atoms with E-state index in [1.165, 1.54) is 41.7 Å². The second-order valence-electron chi connectivity index (χ2n) is 15.2. The van der Waals surface area contributed by atoms with Crippen LogP contribution in [0.25, 0.3) is 125 Å². The quantitative estimate of drug-likeness (QED) is 0.179. The molecule has 0 aliphatic rings. The second-order valence-corrected chi connectivity index (χ2v) is 16.3. The lowest BCUT2D eigenvalue weighted by molar-refractivity contribution is 0.669. The van der Waals surface area contributed by atoms with E-state index < -0.39 is 0 Å². The van der Waals surface area contributed by atoms with Crippen LogP contribution in [0.1, 0.15) is 0 Å². The predicted octanol–water partition coefficient (Wildman–Crippen LogP) is 14.5. The Bertz CT molecular complexity index is 3870. The van der Waals surface area contributed by atoms with E-state index >= 15 is 0 Å². The third kappa shape index (κ3) is 4.94. The summed E-state index contributed by atoms with van der Waals surface area (Å²) in [4.78, 5) is 16.1. The highest BCUT2D eigenvalue weighted by Crippen LogP contribution is 2.42. The average Bonchev–Trinajstić information content (AvgIpc) is 3.96. The second kappa shape index (κ2) is 12.4. The summed E-state index contributed by atoms with van der Waals surface area (Å²) in [5, 5.41) is 11.5. The number of furan rings is 1. The average molecular weight is 771 g/mol. The molecule has 0 saturated heterocycles. The molecule has 0 unspecified atom stereocenters. The summed E-state index contributed by atoms with van der Waals surface area (Å²) in [7, 11) is 0. The van der Waals surface area contributed by atoms with Gasteiger partial charge in [-0.05, 0) is 82.2 Å². The maximum absolute atomic E-state index is 6.61. The predicted molar refractivity (Wildman–Crippen MR) is 246 cm³/mol. The van der Waals surface area contributed by atoms with Gasteiger partial charge in [-0.25, -0.2) is 15.0 Å². The minimum atomic E-state index is 0.567. The van der Waals surface area contributed by atoms with Crippen LogP contribution in [0.3, 0.4) is 0 Å². The number of benzene rings is 9. The van der Waals surface area contributed by atoms with Gasteiger partial charge < -0.3 is 8.98 Å². The number of thiophene rings is 1. The van der Waals surface area contributed by atoms with Crippen LogP contribution in [0.5, 0.6) is 0 Å². The van der Waals surface area contributed by atoms with Crippen LogP contribution in [0.2, 0.25) is 0 Å². The molecule has 0 spiro atoms. The normalized spacial score (nSPS) is 12.1. The summed E-state index contributed by atoms with van der Waals surface area (Å²) in [6.07, 6.45) is 0. The lowest BCUT2D eigenvalue weighted by Crippen LogP contribution is -2.04. The fourth-order valence-corrected chi connectivity index (χ4v) is 10.2. The zero-order chi connectivity index (χ0) is 38.6. The SMILES string of the molecule is c1ccc2cc3c(cc2c1)c1ccccc1n3-c1cc2c(cc1-c1nc(-c3ccc4sc5ccccc5c4c3)nc(-c3cccc4ccccc34)n1)oc1ccccc12. The van der Waals surface area contributed by atoms with E-state index in [0.29, 0.717) is 17.5 Å². The Morgan fingerprint density at radius 2 is 1.03 bits per heavy atom. The highest BCUT2D eigenvalue weighted by Gasteiger charge is 2.23. The summed E-state index contributed by atoms with van der Waals surface area (Å²) < 4.78 is 11.5. The number of hydrogen-bond donors (Lipinski definition) is 0. The summed E-state index contributed by atoms with van der Waals surface area (Å²) in [5.41, 5.74) is 7.51. The van der Waals surface area contributed by atoms with Crippen LogP contribution < -0.4 is 0 Å². The lowest BCUT2D eigenvalue weighted by Gasteiger charge is -2.16. The number of rotatable bonds is 4. The molecule has 274 valence electrons. The molecule has 4 heterocycles. The first-order chi connectivity index (χ1) is 29.2. The number of para-hydroxylation sites is 2. The van der Waals surface area contributed by atoms with Crippen LogP contribution in [-0.2, 0) is 0 Å². The van der Waals surface area contributed by atoms with Gasteiger partial charge in [0.05, 0.1) is 16.7 Å². The molecule has 0 N–H and O–H groups in total. The van der Waals surface area contributed by atoms with Crippen molar-refractivity contribution >= 4 is 96.8 Å². The van der Waals surface area contributed by atoms with Crippen LogP contribution in [0.15, 0.2) is 186 Å². The molecule has 6 heteroatoms. The molecular weight excluding hydrogens is 741 g/mol. The van der Waals surface area contributed by atoms with E-state index in [2.05, 4.69) is 174 Å². The minimum absolute atomic E-state index is 0.567. The topological polar surface area (TPSA) is 56.7 Å². The summed E-state index contributed by atoms with van der Waals surface area (Å²) >= 11 is 1.81. The van der Waals surface area contributed by atoms with Crippen LogP contribution in [0, 0.1) is 0 Å². The van der Waals surface area contributed by atoms with Gasteiger partial charge in [-0.3, -0.25) is 0 Å². The molecule has 0 radical (unpaired) electrons. The molecule has 0 aliphatic heterocycles. The van der Waals surface area contributed by atoms with Gasteiger partial charge in [0, 0.05) is 58.4 Å². The molecule has 59 heavy (non-hydrogen) atoms. The fourth-order valence-electron chi connectivity index (χ4n) is 9.07. The van der Waals surface area contributed by atoms with E-state index in [1.807, 2.05) is 12.1 Å². The van der Waals surface area contributed by atoms with Crippen LogP contribution in [-0.4, -0.2) is 19.5 Å². The molecule has 13 aromatic rings. The van der Waals surface area contributed by atoms with Gasteiger partial charge in [-0.1, -0.05) is 121 Å². The van der Waals surface area contributed by atoms with Gasteiger partial charge >= 0.3 is 0 Å². The Morgan fingerprint density at radius 3 is 1.92 bits per heavy atom. The van der Waals surface area contributed by atoms with E-state index in [9.17, 15) is 0 Å². The van der Waals surface area contributed by atoms with Crippen molar-refractivity contribution in [1.82, 2.24) is 19.5 Å². The maximum atomic E-state index is 6.61. The van der Waals surface area contributed by atoms with E-state index in [0.717, 1.165) is 66.1 Å². The first-order valence-electron chi connectivity index (χ1n) is 19.8. The van der Waals surface area contributed by atoms with Crippen molar-refractivity contribution in [2.75, 3.05) is 0 Å². The van der Waals surface area contributed by atoms with Crippen molar-refractivity contribution in [2.45, 2.75) is 0 Å². The molecule has 13 rings (SSSR count). The molecule has 5 nitrogen and oxygen atoms in total. The minimum Gasteiger partial charge on any atom is -0.456 e. The monoisotopic (exact) mass is 770 g/mol. The Kier molecular flexibility index (Phi) is 6.82. The molecular formula is C53H30N4OS. The van der Waals surface area contributed by atoms with Crippen LogP contribution >= 0.6 is 11.3 Å². The number of hydrogen-bond acceptors (Lipinski definition) is 5. The highest BCUT2D eigenvalue weighted by atomic mass is 32.1. The molecule has 0 aliphatic carbocycles. The van der Waals surface area contributed by atoms with E-state index in [-0.39, 0.29) is 0 Å². The summed E-state index contributed by atoms with van der Waals surface area (Å²) in [5.74, 6) is 1.79. The standard InChI is InChI=1S/C53H30N4OS/c1-2-14-33-28-45-40(26-32(33)13-1)36-17-5-8-21-44(36)57(45)46-29-41-37-18-6-9-22-47(37)58-48(41)30-43(46)53-55-51(34-24-25-50-42(27-34)38-19-7-10-23-49(38)59-50)54-52(56-53)39-20-11-15-31-12-3-4-16-35(31)39/h1-30H. The zero-order valence-electron chi connectivity index (χ0n) is 31.4. The molecule has 4 aromatic heterocycles. The van der Waals surface area contributed by atoms with Crippen molar-refractivity contribution in [3.63, 3.8) is 0 Å². The number of fused-ring (bicyclic) bond motifs is 11. The van der Waals surface area contributed by atoms with Crippen molar-refractivity contribution in [1.29, 1.82) is 0 Å². The van der Waals surface area contributed by atoms with E-state index in [4.69, 9.17) is 19.4 Å². The first-order valence-corrected chi connectivity index (χ1v) is 20.6. The molecule has 0 saturated carbocycles. The molecule has 0 amide bonds. The largest absolute Gasteiger partial charge is 0.456 e. The highest BCUT2D eigenvalue weighted by molar-refractivity contribution is 7.25. The molecule has 9 aromatic carbocycles. The van der Waals surface area contributed by atoms with Gasteiger partial charge in [0.15, 0.2) is 17.5 Å². The Labute approximate surface area is 341 Å². The molecule has 0 atom stereocenters. The summed E-state index contributed by atoms with van der Waals surface area (Å²) in [6.45, 7) is 0. The van der Waals surface area contributed by atoms with Gasteiger partial charge in [-0.2, -0.15) is 0 Å². The Balaban J connectivity index is 1.15. The first kappa shape index (κ1) is 32.4. The number of nitrogens with zero attached hydrogens (tertiary/aromatic N) is 4. The third-order valence-corrected chi connectivity index (χ3v) is 13.0.